The number of morpholine rings is 1. The number of hydrogen-bond acceptors (Lipinski definition) is 8. The predicted octanol–water partition coefficient (Wildman–Crippen LogP) is 8.06. The Bertz CT molecular complexity index is 1790. The SMILES string of the molecule is C[C@@H](COc1ccnc2c1[C@H](C)CCC2)CC1Cc2cc3c(cc2C12CCC(Nc1cccc(Cl)c1)(C(=O)O)CC2)OC(CN1CCOCC1)CCO3. The van der Waals surface area contributed by atoms with Gasteiger partial charge >= 0.3 is 5.97 Å². The minimum Gasteiger partial charge on any atom is -0.493 e. The molecule has 5 aliphatic rings. The van der Waals surface area contributed by atoms with Crippen LogP contribution in [-0.2, 0) is 27.8 Å². The van der Waals surface area contributed by atoms with Gasteiger partial charge in [0.25, 0.3) is 0 Å². The second kappa shape index (κ2) is 15.3. The monoisotopic (exact) mass is 743 g/mol. The van der Waals surface area contributed by atoms with Crippen LogP contribution in [-0.4, -0.2) is 78.7 Å². The molecule has 1 saturated carbocycles. The molecule has 4 atom stereocenters. The molecule has 0 radical (unpaired) electrons. The predicted molar refractivity (Wildman–Crippen MR) is 206 cm³/mol. The molecule has 3 heterocycles. The lowest BCUT2D eigenvalue weighted by Gasteiger charge is -2.47. The number of nitrogens with zero attached hydrogens (tertiary/aromatic N) is 2. The molecule has 0 bridgehead atoms. The standard InChI is InChI=1S/C43H54ClN3O6/c1-28(27-52-37-9-15-45-36-8-3-5-29(2)40(36)37)21-31-22-30-23-38-39(53-34(10-18-51-38)26-47-16-19-50-20-17-47)25-35(30)42(31)11-13-43(14-12-42,41(48)49)46-33-7-4-6-32(44)24-33/h4,6-7,9,15,23-25,28-29,31,34,46H,3,5,8,10-14,16-22,26-27H2,1-2H3,(H,48,49)/t28-,29-,31?,34?,42?,43?/m1/s1. The van der Waals surface area contributed by atoms with E-state index in [0.29, 0.717) is 48.8 Å². The minimum atomic E-state index is -1.08. The van der Waals surface area contributed by atoms with Gasteiger partial charge < -0.3 is 29.4 Å². The summed E-state index contributed by atoms with van der Waals surface area (Å²) in [6.45, 7) is 10.1. The van der Waals surface area contributed by atoms with Crippen molar-refractivity contribution in [1.29, 1.82) is 0 Å². The first-order valence-corrected chi connectivity index (χ1v) is 20.2. The summed E-state index contributed by atoms with van der Waals surface area (Å²) in [7, 11) is 0. The quantitative estimate of drug-likeness (QED) is 0.214. The first kappa shape index (κ1) is 36.4. The van der Waals surface area contributed by atoms with E-state index in [1.807, 2.05) is 36.5 Å². The number of carboxylic acid groups (broad SMARTS) is 1. The van der Waals surface area contributed by atoms with Crippen LogP contribution in [0.15, 0.2) is 48.7 Å². The number of nitrogens with one attached hydrogen (secondary N) is 1. The fourth-order valence-corrected chi connectivity index (χ4v) is 10.2. The molecule has 0 amide bonds. The molecule has 2 aliphatic heterocycles. The van der Waals surface area contributed by atoms with Crippen molar-refractivity contribution < 1.29 is 28.8 Å². The zero-order valence-corrected chi connectivity index (χ0v) is 32.0. The van der Waals surface area contributed by atoms with Crippen LogP contribution in [0.2, 0.25) is 5.02 Å². The number of ether oxygens (including phenoxy) is 4. The Kier molecular flexibility index (Phi) is 10.5. The van der Waals surface area contributed by atoms with Gasteiger partial charge in [-0.2, -0.15) is 0 Å². The van der Waals surface area contributed by atoms with E-state index in [4.69, 9.17) is 30.5 Å². The van der Waals surface area contributed by atoms with Crippen molar-refractivity contribution in [2.24, 2.45) is 11.8 Å². The molecule has 3 aliphatic carbocycles. The van der Waals surface area contributed by atoms with Crippen LogP contribution < -0.4 is 19.5 Å². The van der Waals surface area contributed by atoms with Crippen molar-refractivity contribution in [3.63, 3.8) is 0 Å². The van der Waals surface area contributed by atoms with E-state index < -0.39 is 11.5 Å². The van der Waals surface area contributed by atoms with Crippen molar-refractivity contribution in [3.8, 4) is 17.2 Å². The summed E-state index contributed by atoms with van der Waals surface area (Å²) in [6.07, 6.45) is 10.6. The number of aliphatic carboxylic acids is 1. The molecule has 53 heavy (non-hydrogen) atoms. The second-order valence-electron chi connectivity index (χ2n) is 16.4. The van der Waals surface area contributed by atoms with Crippen LogP contribution in [0.5, 0.6) is 17.2 Å². The summed E-state index contributed by atoms with van der Waals surface area (Å²) < 4.78 is 25.4. The van der Waals surface area contributed by atoms with Crippen molar-refractivity contribution in [2.75, 3.05) is 51.4 Å². The maximum Gasteiger partial charge on any atom is 0.329 e. The van der Waals surface area contributed by atoms with E-state index in [0.717, 1.165) is 94.3 Å². The van der Waals surface area contributed by atoms with Gasteiger partial charge in [0.15, 0.2) is 11.5 Å². The molecular weight excluding hydrogens is 690 g/mol. The van der Waals surface area contributed by atoms with Crippen molar-refractivity contribution in [1.82, 2.24) is 9.88 Å². The third kappa shape index (κ3) is 7.46. The molecule has 284 valence electrons. The van der Waals surface area contributed by atoms with Gasteiger partial charge in [0.1, 0.15) is 17.4 Å². The summed E-state index contributed by atoms with van der Waals surface area (Å²) >= 11 is 6.32. The van der Waals surface area contributed by atoms with E-state index in [2.05, 4.69) is 41.2 Å². The number of hydrogen-bond donors (Lipinski definition) is 2. The summed E-state index contributed by atoms with van der Waals surface area (Å²) in [5, 5.41) is 14.7. The molecule has 2 fully saturated rings. The summed E-state index contributed by atoms with van der Waals surface area (Å²) in [5.41, 5.74) is 4.56. The number of aromatic nitrogens is 1. The number of aryl methyl sites for hydroxylation is 1. The van der Waals surface area contributed by atoms with Crippen LogP contribution >= 0.6 is 11.6 Å². The molecule has 1 spiro atoms. The smallest absolute Gasteiger partial charge is 0.329 e. The summed E-state index contributed by atoms with van der Waals surface area (Å²) in [4.78, 5) is 20.2. The number of carboxylic acids is 1. The number of halogens is 1. The first-order valence-electron chi connectivity index (χ1n) is 19.9. The third-order valence-electron chi connectivity index (χ3n) is 12.9. The number of fused-ring (bicyclic) bond motifs is 4. The van der Waals surface area contributed by atoms with Gasteiger partial charge in [-0.25, -0.2) is 4.79 Å². The van der Waals surface area contributed by atoms with Crippen LogP contribution in [0, 0.1) is 11.8 Å². The Labute approximate surface area is 318 Å². The average Bonchev–Trinajstić information content (AvgIpc) is 3.27. The minimum absolute atomic E-state index is 0.0345. The summed E-state index contributed by atoms with van der Waals surface area (Å²) in [5.74, 6) is 2.90. The molecule has 10 heteroatoms. The van der Waals surface area contributed by atoms with E-state index >= 15 is 0 Å². The Balaban J connectivity index is 1.06. The topological polar surface area (TPSA) is 102 Å². The maximum atomic E-state index is 13.1. The molecule has 1 saturated heterocycles. The van der Waals surface area contributed by atoms with E-state index in [-0.39, 0.29) is 11.5 Å². The Hall–Kier alpha value is -3.53. The van der Waals surface area contributed by atoms with Gasteiger partial charge in [0, 0.05) is 54.2 Å². The zero-order valence-electron chi connectivity index (χ0n) is 31.2. The van der Waals surface area contributed by atoms with Gasteiger partial charge in [-0.15, -0.1) is 0 Å². The van der Waals surface area contributed by atoms with Crippen LogP contribution in [0.4, 0.5) is 5.69 Å². The highest BCUT2D eigenvalue weighted by atomic mass is 35.5. The Morgan fingerprint density at radius 2 is 1.92 bits per heavy atom. The molecule has 3 aromatic rings. The van der Waals surface area contributed by atoms with E-state index in [1.54, 1.807) is 0 Å². The third-order valence-corrected chi connectivity index (χ3v) is 13.1. The van der Waals surface area contributed by atoms with E-state index in [1.165, 1.54) is 35.2 Å². The van der Waals surface area contributed by atoms with E-state index in [9.17, 15) is 9.90 Å². The second-order valence-corrected chi connectivity index (χ2v) is 16.9. The van der Waals surface area contributed by atoms with Gasteiger partial charge in [0.05, 0.1) is 26.4 Å². The lowest BCUT2D eigenvalue weighted by atomic mass is 9.59. The number of benzene rings is 2. The molecule has 9 nitrogen and oxygen atoms in total. The van der Waals surface area contributed by atoms with Gasteiger partial charge in [0.2, 0.25) is 0 Å². The fraction of sp³-hybridized carbons (Fsp3) is 0.581. The number of pyridine rings is 1. The van der Waals surface area contributed by atoms with Crippen LogP contribution in [0.25, 0.3) is 0 Å². The largest absolute Gasteiger partial charge is 0.493 e. The Morgan fingerprint density at radius 1 is 1.09 bits per heavy atom. The molecule has 8 rings (SSSR count). The maximum absolute atomic E-state index is 13.1. The van der Waals surface area contributed by atoms with Crippen molar-refractivity contribution >= 4 is 23.3 Å². The normalized spacial score (nSPS) is 28.8. The molecule has 2 aromatic carbocycles. The molecular formula is C43H54ClN3O6. The van der Waals surface area contributed by atoms with Crippen molar-refractivity contribution in [3.05, 3.63) is 76.1 Å². The van der Waals surface area contributed by atoms with Crippen LogP contribution in [0.3, 0.4) is 0 Å². The lowest BCUT2D eigenvalue weighted by Crippen LogP contribution is -2.53. The Morgan fingerprint density at radius 3 is 2.72 bits per heavy atom. The number of carbonyl (C=O) groups is 1. The highest BCUT2D eigenvalue weighted by molar-refractivity contribution is 6.30. The zero-order chi connectivity index (χ0) is 36.6. The molecule has 1 aromatic heterocycles. The highest BCUT2D eigenvalue weighted by Gasteiger charge is 2.54. The number of rotatable bonds is 10. The van der Waals surface area contributed by atoms with Crippen molar-refractivity contribution in [2.45, 2.75) is 101 Å². The summed E-state index contributed by atoms with van der Waals surface area (Å²) in [6, 6.07) is 13.9. The van der Waals surface area contributed by atoms with Crippen LogP contribution in [0.1, 0.15) is 93.5 Å². The van der Waals surface area contributed by atoms with Gasteiger partial charge in [-0.1, -0.05) is 31.5 Å². The fourth-order valence-electron chi connectivity index (χ4n) is 10.1. The highest BCUT2D eigenvalue weighted by Crippen LogP contribution is 2.58. The molecule has 2 unspecified atom stereocenters. The lowest BCUT2D eigenvalue weighted by molar-refractivity contribution is -0.144. The first-order chi connectivity index (χ1) is 25.7. The molecule has 2 N–H and O–H groups in total. The number of anilines is 1. The van der Waals surface area contributed by atoms with Gasteiger partial charge in [-0.3, -0.25) is 9.88 Å². The average molecular weight is 744 g/mol. The van der Waals surface area contributed by atoms with Gasteiger partial charge in [-0.05, 0) is 128 Å².